The Balaban J connectivity index is 3.76. The van der Waals surface area contributed by atoms with Gasteiger partial charge in [-0.3, -0.25) is 0 Å². The molecule has 1 rings (SSSR count). The first-order valence-electron chi connectivity index (χ1n) is 4.06. The van der Waals surface area contributed by atoms with Gasteiger partial charge in [0.05, 0.1) is 5.56 Å². The molecule has 0 spiro atoms. The lowest BCUT2D eigenvalue weighted by atomic mass is 10.0. The summed E-state index contributed by atoms with van der Waals surface area (Å²) in [5.41, 5.74) is -3.06. The maximum absolute atomic E-state index is 10.7. The van der Waals surface area contributed by atoms with Gasteiger partial charge in [-0.15, -0.1) is 0 Å². The fraction of sp³-hybridized carbons (Fsp3) is 0. The number of carboxylic acid groups (broad SMARTS) is 3. The average molecular weight is 242 g/mol. The number of aromatic carboxylic acids is 3. The van der Waals surface area contributed by atoms with Crippen LogP contribution < -0.4 is 0 Å². The highest BCUT2D eigenvalue weighted by atomic mass is 16.4. The van der Waals surface area contributed by atoms with Crippen molar-refractivity contribution in [2.24, 2.45) is 0 Å². The lowest BCUT2D eigenvalue weighted by Crippen LogP contribution is -2.11. The molecule has 1 aromatic rings. The number of hydrogen-bond donors (Lipinski definition) is 5. The van der Waals surface area contributed by atoms with Gasteiger partial charge in [-0.25, -0.2) is 14.4 Å². The number of rotatable bonds is 3. The summed E-state index contributed by atoms with van der Waals surface area (Å²) in [5.74, 6) is -7.65. The fourth-order valence-electron chi connectivity index (χ4n) is 1.25. The molecule has 1 aromatic carbocycles. The van der Waals surface area contributed by atoms with E-state index in [0.29, 0.717) is 6.07 Å². The van der Waals surface area contributed by atoms with Crippen LogP contribution in [0, 0.1) is 0 Å². The monoisotopic (exact) mass is 242 g/mol. The highest BCUT2D eigenvalue weighted by Crippen LogP contribution is 2.33. The van der Waals surface area contributed by atoms with Gasteiger partial charge < -0.3 is 25.5 Å². The molecule has 0 fully saturated rings. The van der Waals surface area contributed by atoms with Crippen LogP contribution in [0.25, 0.3) is 0 Å². The molecule has 0 heterocycles. The largest absolute Gasteiger partial charge is 0.507 e. The topological polar surface area (TPSA) is 152 Å². The van der Waals surface area contributed by atoms with Crippen LogP contribution in [0.4, 0.5) is 0 Å². The number of hydrogen-bond acceptors (Lipinski definition) is 5. The summed E-state index contributed by atoms with van der Waals surface area (Å²) < 4.78 is 0. The molecular formula is C9H6O8. The van der Waals surface area contributed by atoms with Crippen LogP contribution in [-0.4, -0.2) is 43.4 Å². The molecule has 0 aliphatic rings. The molecular weight excluding hydrogens is 236 g/mol. The zero-order chi connectivity index (χ0) is 13.3. The lowest BCUT2D eigenvalue weighted by molar-refractivity contribution is 0.0643. The number of carbonyl (C=O) groups is 3. The Kier molecular flexibility index (Phi) is 2.90. The normalized spacial score (nSPS) is 9.88. The van der Waals surface area contributed by atoms with E-state index in [2.05, 4.69) is 0 Å². The van der Waals surface area contributed by atoms with Crippen molar-refractivity contribution in [3.63, 3.8) is 0 Å². The zero-order valence-electron chi connectivity index (χ0n) is 8.04. The molecule has 5 N–H and O–H groups in total. The van der Waals surface area contributed by atoms with Crippen molar-refractivity contribution < 1.29 is 39.9 Å². The third-order valence-electron chi connectivity index (χ3n) is 1.94. The summed E-state index contributed by atoms with van der Waals surface area (Å²) in [5, 5.41) is 44.5. The fourth-order valence-corrected chi connectivity index (χ4v) is 1.25. The molecule has 0 radical (unpaired) electrons. The Bertz CT molecular complexity index is 530. The molecule has 0 bridgehead atoms. The van der Waals surface area contributed by atoms with E-state index >= 15 is 0 Å². The minimum Gasteiger partial charge on any atom is -0.507 e. The average Bonchev–Trinajstić information content (AvgIpc) is 2.14. The smallest absolute Gasteiger partial charge is 0.343 e. The molecule has 0 amide bonds. The SMILES string of the molecule is O=C(O)c1cc(O)c(C(=O)O)c(O)c1C(=O)O. The molecule has 0 saturated carbocycles. The first kappa shape index (κ1) is 12.3. The molecule has 0 atom stereocenters. The van der Waals surface area contributed by atoms with E-state index in [4.69, 9.17) is 15.3 Å². The van der Waals surface area contributed by atoms with Crippen molar-refractivity contribution in [2.45, 2.75) is 0 Å². The molecule has 17 heavy (non-hydrogen) atoms. The zero-order valence-corrected chi connectivity index (χ0v) is 8.04. The highest BCUT2D eigenvalue weighted by Gasteiger charge is 2.28. The summed E-state index contributed by atoms with van der Waals surface area (Å²) in [4.78, 5) is 32.1. The van der Waals surface area contributed by atoms with Gasteiger partial charge in [-0.1, -0.05) is 0 Å². The molecule has 0 aromatic heterocycles. The van der Waals surface area contributed by atoms with Crippen LogP contribution in [0.2, 0.25) is 0 Å². The number of aromatic hydroxyl groups is 2. The molecule has 0 saturated heterocycles. The van der Waals surface area contributed by atoms with Crippen molar-refractivity contribution in [2.75, 3.05) is 0 Å². The maximum atomic E-state index is 10.7. The van der Waals surface area contributed by atoms with E-state index in [-0.39, 0.29) is 0 Å². The molecule has 8 heteroatoms. The third-order valence-corrected chi connectivity index (χ3v) is 1.94. The Morgan fingerprint density at radius 2 is 1.29 bits per heavy atom. The second kappa shape index (κ2) is 4.00. The summed E-state index contributed by atoms with van der Waals surface area (Å²) in [6, 6.07) is 0.453. The molecule has 8 nitrogen and oxygen atoms in total. The van der Waals surface area contributed by atoms with E-state index in [1.807, 2.05) is 0 Å². The van der Waals surface area contributed by atoms with Crippen LogP contribution >= 0.6 is 0 Å². The van der Waals surface area contributed by atoms with Crippen LogP contribution in [0.1, 0.15) is 31.1 Å². The van der Waals surface area contributed by atoms with Gasteiger partial charge >= 0.3 is 17.9 Å². The maximum Gasteiger partial charge on any atom is 0.343 e. The van der Waals surface area contributed by atoms with Crippen molar-refractivity contribution in [3.05, 3.63) is 22.8 Å². The van der Waals surface area contributed by atoms with Gasteiger partial charge in [0.2, 0.25) is 0 Å². The third kappa shape index (κ3) is 1.95. The quantitative estimate of drug-likeness (QED) is 0.503. The van der Waals surface area contributed by atoms with Crippen LogP contribution in [0.5, 0.6) is 11.5 Å². The summed E-state index contributed by atoms with van der Waals surface area (Å²) >= 11 is 0. The van der Waals surface area contributed by atoms with E-state index in [0.717, 1.165) is 0 Å². The number of phenols is 2. The van der Waals surface area contributed by atoms with Crippen LogP contribution in [-0.2, 0) is 0 Å². The van der Waals surface area contributed by atoms with Crippen LogP contribution in [0.15, 0.2) is 6.07 Å². The van der Waals surface area contributed by atoms with Gasteiger partial charge in [-0.05, 0) is 6.07 Å². The summed E-state index contributed by atoms with van der Waals surface area (Å²) in [6.07, 6.45) is 0. The Morgan fingerprint density at radius 3 is 1.65 bits per heavy atom. The minimum atomic E-state index is -1.82. The van der Waals surface area contributed by atoms with Gasteiger partial charge in [0, 0.05) is 0 Å². The predicted octanol–water partition coefficient (Wildman–Crippen LogP) is 0.192. The van der Waals surface area contributed by atoms with E-state index in [9.17, 15) is 24.6 Å². The molecule has 90 valence electrons. The van der Waals surface area contributed by atoms with Gasteiger partial charge in [-0.2, -0.15) is 0 Å². The first-order valence-corrected chi connectivity index (χ1v) is 4.06. The highest BCUT2D eigenvalue weighted by molar-refractivity contribution is 6.08. The minimum absolute atomic E-state index is 0.453. The lowest BCUT2D eigenvalue weighted by Gasteiger charge is -2.09. The van der Waals surface area contributed by atoms with E-state index in [1.165, 1.54) is 0 Å². The Labute approximate surface area is 93.0 Å². The predicted molar refractivity (Wildman–Crippen MR) is 50.6 cm³/mol. The van der Waals surface area contributed by atoms with Gasteiger partial charge in [0.25, 0.3) is 0 Å². The van der Waals surface area contributed by atoms with Gasteiger partial charge in [0.1, 0.15) is 22.6 Å². The number of carboxylic acids is 3. The van der Waals surface area contributed by atoms with Crippen molar-refractivity contribution in [1.82, 2.24) is 0 Å². The van der Waals surface area contributed by atoms with E-state index < -0.39 is 46.1 Å². The van der Waals surface area contributed by atoms with Crippen molar-refractivity contribution in [3.8, 4) is 11.5 Å². The Hall–Kier alpha value is -2.77. The molecule has 0 unspecified atom stereocenters. The van der Waals surface area contributed by atoms with E-state index in [1.54, 1.807) is 0 Å². The van der Waals surface area contributed by atoms with Crippen molar-refractivity contribution >= 4 is 17.9 Å². The Morgan fingerprint density at radius 1 is 0.824 bits per heavy atom. The first-order chi connectivity index (χ1) is 7.77. The second-order valence-corrected chi connectivity index (χ2v) is 2.96. The van der Waals surface area contributed by atoms with Crippen LogP contribution in [0.3, 0.4) is 0 Å². The molecule has 0 aliphatic carbocycles. The van der Waals surface area contributed by atoms with Gasteiger partial charge in [0.15, 0.2) is 0 Å². The second-order valence-electron chi connectivity index (χ2n) is 2.96. The molecule has 0 aliphatic heterocycles. The number of benzene rings is 1. The van der Waals surface area contributed by atoms with Crippen molar-refractivity contribution in [1.29, 1.82) is 0 Å². The summed E-state index contributed by atoms with van der Waals surface area (Å²) in [6.45, 7) is 0. The standard InChI is InChI=1S/C9H6O8/c10-3-1-2(7(12)13)4(8(14)15)6(11)5(3)9(16)17/h1,10-11H,(H,12,13)(H,14,15)(H,16,17). The summed E-state index contributed by atoms with van der Waals surface area (Å²) in [7, 11) is 0.